The summed E-state index contributed by atoms with van der Waals surface area (Å²) in [6, 6.07) is 4.91. The molecule has 11 heteroatoms. The van der Waals surface area contributed by atoms with Gasteiger partial charge >= 0.3 is 36.0 Å². The quantitative estimate of drug-likeness (QED) is 0.416. The zero-order valence-corrected chi connectivity index (χ0v) is 19.2. The molecule has 0 bridgehead atoms. The molecule has 0 atom stereocenters. The molecule has 0 saturated heterocycles. The number of alkyl halides is 3. The van der Waals surface area contributed by atoms with E-state index in [1.54, 1.807) is 6.07 Å². The number of benzene rings is 1. The summed E-state index contributed by atoms with van der Waals surface area (Å²) in [5.74, 6) is -3.64. The SMILES string of the molecule is C[IH]O.N#Cc1cc(NC(=O)N2CCc3nn4c(c3C2)C(F)(F)CCCC4)ccc1F. The fraction of sp³-hybridized carbons (Fsp3) is 0.450. The second-order valence-electron chi connectivity index (χ2n) is 7.25. The molecule has 0 aliphatic carbocycles. The predicted octanol–water partition coefficient (Wildman–Crippen LogP) is 3.99. The molecule has 0 spiro atoms. The number of carbonyl (C=O) groups is 1. The van der Waals surface area contributed by atoms with Crippen LogP contribution in [0, 0.1) is 17.1 Å². The van der Waals surface area contributed by atoms with Gasteiger partial charge in [-0.15, -0.1) is 0 Å². The molecule has 1 aromatic carbocycles. The number of nitrogens with one attached hydrogen (secondary N) is 1. The van der Waals surface area contributed by atoms with Crippen LogP contribution in [0.5, 0.6) is 0 Å². The monoisotopic (exact) mass is 549 g/mol. The van der Waals surface area contributed by atoms with Crippen LogP contribution in [0.2, 0.25) is 0 Å². The van der Waals surface area contributed by atoms with Crippen molar-refractivity contribution in [3.05, 3.63) is 46.5 Å². The average molecular weight is 549 g/mol. The van der Waals surface area contributed by atoms with Crippen LogP contribution in [0.15, 0.2) is 18.2 Å². The Morgan fingerprint density at radius 2 is 2.10 bits per heavy atom. The minimum atomic E-state index is -2.96. The maximum Gasteiger partial charge on any atom is 0.322 e. The third-order valence-corrected chi connectivity index (χ3v) is 5.18. The molecule has 4 rings (SSSR count). The number of fused-ring (bicyclic) bond motifs is 3. The molecule has 0 unspecified atom stereocenters. The molecule has 2 amide bonds. The molecular weight excluding hydrogens is 526 g/mol. The predicted molar refractivity (Wildman–Crippen MR) is 118 cm³/mol. The minimum Gasteiger partial charge on any atom is -0.320 e. The first-order valence-electron chi connectivity index (χ1n) is 9.70. The van der Waals surface area contributed by atoms with Gasteiger partial charge < -0.3 is 10.2 Å². The van der Waals surface area contributed by atoms with Crippen molar-refractivity contribution in [2.45, 2.75) is 44.7 Å². The van der Waals surface area contributed by atoms with Crippen molar-refractivity contribution >= 4 is 33.3 Å². The number of urea groups is 1. The molecule has 1 aromatic heterocycles. The van der Waals surface area contributed by atoms with Crippen LogP contribution < -0.4 is 5.32 Å². The van der Waals surface area contributed by atoms with Crippen LogP contribution in [0.1, 0.15) is 41.8 Å². The van der Waals surface area contributed by atoms with E-state index >= 15 is 0 Å². The largest absolute Gasteiger partial charge is 0.322 e. The first-order chi connectivity index (χ1) is 14.8. The second-order valence-corrected chi connectivity index (χ2v) is 8.29. The third kappa shape index (κ3) is 5.12. The Kier molecular flexibility index (Phi) is 7.42. The minimum absolute atomic E-state index is 0.0401. The van der Waals surface area contributed by atoms with Crippen molar-refractivity contribution in [2.24, 2.45) is 0 Å². The van der Waals surface area contributed by atoms with E-state index < -0.39 is 39.4 Å². The Bertz CT molecular complexity index is 1010. The topological polar surface area (TPSA) is 94.2 Å². The molecular formula is C20H23F3IN5O2. The molecule has 0 fully saturated rings. The molecule has 31 heavy (non-hydrogen) atoms. The van der Waals surface area contributed by atoms with Crippen molar-refractivity contribution in [3.63, 3.8) is 0 Å². The molecule has 2 aliphatic rings. The van der Waals surface area contributed by atoms with Crippen molar-refractivity contribution < 1.29 is 21.4 Å². The number of rotatable bonds is 1. The number of halogens is 4. The number of nitrogens with zero attached hydrogens (tertiary/aromatic N) is 4. The number of anilines is 1. The smallest absolute Gasteiger partial charge is 0.320 e. The summed E-state index contributed by atoms with van der Waals surface area (Å²) < 4.78 is 51.8. The molecule has 3 heterocycles. The van der Waals surface area contributed by atoms with Gasteiger partial charge in [0, 0.05) is 37.2 Å². The maximum absolute atomic E-state index is 14.6. The van der Waals surface area contributed by atoms with Gasteiger partial charge in [0.1, 0.15) is 17.6 Å². The van der Waals surface area contributed by atoms with Gasteiger partial charge in [0.05, 0.1) is 17.8 Å². The summed E-state index contributed by atoms with van der Waals surface area (Å²) >= 11 is -0.530. The first-order valence-corrected chi connectivity index (χ1v) is 13.1. The van der Waals surface area contributed by atoms with E-state index in [9.17, 15) is 18.0 Å². The van der Waals surface area contributed by atoms with E-state index in [1.807, 2.05) is 4.93 Å². The zero-order chi connectivity index (χ0) is 22.6. The van der Waals surface area contributed by atoms with E-state index in [-0.39, 0.29) is 29.9 Å². The van der Waals surface area contributed by atoms with Gasteiger partial charge in [0.15, 0.2) is 0 Å². The van der Waals surface area contributed by atoms with E-state index in [0.29, 0.717) is 43.6 Å². The fourth-order valence-electron chi connectivity index (χ4n) is 3.79. The van der Waals surface area contributed by atoms with Gasteiger partial charge in [-0.25, -0.2) is 9.18 Å². The van der Waals surface area contributed by atoms with Crippen molar-refractivity contribution in [1.82, 2.24) is 14.7 Å². The van der Waals surface area contributed by atoms with Crippen LogP contribution in [0.3, 0.4) is 0 Å². The van der Waals surface area contributed by atoms with Crippen LogP contribution in [0.25, 0.3) is 0 Å². The molecule has 168 valence electrons. The van der Waals surface area contributed by atoms with Gasteiger partial charge in [0.25, 0.3) is 5.92 Å². The van der Waals surface area contributed by atoms with Crippen LogP contribution in [-0.2, 0) is 25.4 Å². The summed E-state index contributed by atoms with van der Waals surface area (Å²) in [5.41, 5.74) is 1.05. The Hall–Kier alpha value is -2.33. The normalized spacial score (nSPS) is 16.8. The van der Waals surface area contributed by atoms with E-state index in [1.165, 1.54) is 21.7 Å². The van der Waals surface area contributed by atoms with Crippen LogP contribution in [0.4, 0.5) is 23.7 Å². The van der Waals surface area contributed by atoms with Gasteiger partial charge in [-0.05, 0) is 31.0 Å². The number of hydrogen-bond acceptors (Lipinski definition) is 4. The molecule has 0 saturated carbocycles. The number of hydrogen-bond donors (Lipinski definition) is 2. The fourth-order valence-corrected chi connectivity index (χ4v) is 3.79. The van der Waals surface area contributed by atoms with E-state index in [4.69, 9.17) is 8.70 Å². The van der Waals surface area contributed by atoms with Crippen molar-refractivity contribution in [3.8, 4) is 6.07 Å². The number of carbonyl (C=O) groups excluding carboxylic acids is 1. The standard InChI is InChI=1S/C19H18F3N5O.CH5IO/c20-15-4-3-13(9-12(15)10-23)24-18(28)26-8-5-16-14(11-26)17-19(21,22)6-1-2-7-27(17)25-16;1-2-3/h3-4,9H,1-2,5-8,11H2,(H,24,28);2-3H,1H3. The summed E-state index contributed by atoms with van der Waals surface area (Å²) in [7, 11) is 0. The van der Waals surface area contributed by atoms with Gasteiger partial charge in [0.2, 0.25) is 0 Å². The molecule has 0 radical (unpaired) electrons. The number of nitriles is 1. The number of aromatic nitrogens is 2. The summed E-state index contributed by atoms with van der Waals surface area (Å²) in [6.45, 7) is 0.836. The second kappa shape index (κ2) is 9.86. The zero-order valence-electron chi connectivity index (χ0n) is 16.9. The van der Waals surface area contributed by atoms with Crippen LogP contribution >= 0.6 is 21.6 Å². The summed E-state index contributed by atoms with van der Waals surface area (Å²) in [4.78, 5) is 15.8. The van der Waals surface area contributed by atoms with Gasteiger partial charge in [-0.1, -0.05) is 0 Å². The Labute approximate surface area is 188 Å². The van der Waals surface area contributed by atoms with Crippen molar-refractivity contribution in [1.29, 1.82) is 5.26 Å². The Balaban J connectivity index is 0.000000858. The Morgan fingerprint density at radius 3 is 2.81 bits per heavy atom. The maximum atomic E-state index is 14.6. The first kappa shape index (κ1) is 23.3. The average Bonchev–Trinajstić information content (AvgIpc) is 3.04. The molecule has 2 N–H and O–H groups in total. The Morgan fingerprint density at radius 1 is 1.35 bits per heavy atom. The third-order valence-electron chi connectivity index (χ3n) is 5.18. The molecule has 7 nitrogen and oxygen atoms in total. The van der Waals surface area contributed by atoms with E-state index in [2.05, 4.69) is 10.4 Å². The molecule has 2 aliphatic heterocycles. The molecule has 2 aromatic rings. The number of aryl methyl sites for hydroxylation is 1. The van der Waals surface area contributed by atoms with Crippen LogP contribution in [-0.4, -0.2) is 35.6 Å². The summed E-state index contributed by atoms with van der Waals surface area (Å²) in [6.07, 6.45) is 1.26. The van der Waals surface area contributed by atoms with Crippen molar-refractivity contribution in [2.75, 3.05) is 16.8 Å². The summed E-state index contributed by atoms with van der Waals surface area (Å²) in [5, 5.41) is 15.9. The van der Waals surface area contributed by atoms with Gasteiger partial charge in [-0.2, -0.15) is 19.1 Å². The van der Waals surface area contributed by atoms with E-state index in [0.717, 1.165) is 6.07 Å². The van der Waals surface area contributed by atoms with Gasteiger partial charge in [-0.3, -0.25) is 4.68 Å². The number of amides is 2.